The van der Waals surface area contributed by atoms with E-state index in [0.717, 1.165) is 5.69 Å². The maximum Gasteiger partial charge on any atom is 0.233 e. The number of furan rings is 1. The highest BCUT2D eigenvalue weighted by Gasteiger charge is 2.19. The van der Waals surface area contributed by atoms with Gasteiger partial charge < -0.3 is 9.32 Å². The van der Waals surface area contributed by atoms with Crippen LogP contribution in [0.4, 0.5) is 0 Å². The van der Waals surface area contributed by atoms with Crippen LogP contribution >= 0.6 is 23.4 Å². The average Bonchev–Trinajstić information content (AvgIpc) is 3.31. The molecule has 0 unspecified atom stereocenters. The Bertz CT molecular complexity index is 858. The van der Waals surface area contributed by atoms with E-state index < -0.39 is 0 Å². The summed E-state index contributed by atoms with van der Waals surface area (Å²) in [6, 6.07) is 11.0. The van der Waals surface area contributed by atoms with Gasteiger partial charge in [-0.2, -0.15) is 0 Å². The first kappa shape index (κ1) is 18.5. The second-order valence-electron chi connectivity index (χ2n) is 5.45. The number of hydrogen-bond donors (Lipinski definition) is 0. The second-order valence-corrected chi connectivity index (χ2v) is 6.83. The minimum absolute atomic E-state index is 0.0743. The molecule has 0 spiro atoms. The third kappa shape index (κ3) is 3.94. The minimum Gasteiger partial charge on any atom is -0.461 e. The lowest BCUT2D eigenvalue weighted by Gasteiger charge is -2.18. The van der Waals surface area contributed by atoms with Crippen LogP contribution in [0.2, 0.25) is 5.02 Å². The Balaban J connectivity index is 1.93. The molecule has 0 saturated heterocycles. The Morgan fingerprint density at radius 1 is 1.19 bits per heavy atom. The van der Waals surface area contributed by atoms with Crippen LogP contribution in [0.5, 0.6) is 0 Å². The molecule has 1 aromatic carbocycles. The molecular weight excluding hydrogens is 372 g/mol. The van der Waals surface area contributed by atoms with Gasteiger partial charge in [-0.15, -0.1) is 10.2 Å². The summed E-state index contributed by atoms with van der Waals surface area (Å²) >= 11 is 7.36. The van der Waals surface area contributed by atoms with Crippen molar-refractivity contribution in [2.24, 2.45) is 0 Å². The van der Waals surface area contributed by atoms with Gasteiger partial charge in [-0.3, -0.25) is 9.36 Å². The summed E-state index contributed by atoms with van der Waals surface area (Å²) in [4.78, 5) is 14.1. The fraction of sp³-hybridized carbons (Fsp3) is 0.278. The van der Waals surface area contributed by atoms with Crippen LogP contribution in [0.1, 0.15) is 13.8 Å². The molecule has 0 atom stereocenters. The number of thioether (sulfide) groups is 1. The van der Waals surface area contributed by atoms with Gasteiger partial charge in [-0.05, 0) is 50.2 Å². The maximum absolute atomic E-state index is 12.3. The predicted octanol–water partition coefficient (Wildman–Crippen LogP) is 4.14. The molecule has 2 heterocycles. The van der Waals surface area contributed by atoms with E-state index in [4.69, 9.17) is 16.0 Å². The predicted molar refractivity (Wildman–Crippen MR) is 103 cm³/mol. The van der Waals surface area contributed by atoms with Crippen LogP contribution in [-0.2, 0) is 4.79 Å². The number of rotatable bonds is 7. The smallest absolute Gasteiger partial charge is 0.233 e. The Morgan fingerprint density at radius 2 is 1.92 bits per heavy atom. The van der Waals surface area contributed by atoms with Crippen molar-refractivity contribution < 1.29 is 9.21 Å². The molecule has 1 amide bonds. The number of halogens is 1. The van der Waals surface area contributed by atoms with Crippen LogP contribution in [0.15, 0.2) is 52.2 Å². The van der Waals surface area contributed by atoms with Crippen molar-refractivity contribution in [2.45, 2.75) is 19.0 Å². The van der Waals surface area contributed by atoms with E-state index in [1.54, 1.807) is 29.4 Å². The number of nitrogens with zero attached hydrogens (tertiary/aromatic N) is 4. The minimum atomic E-state index is 0.0743. The number of aromatic nitrogens is 3. The van der Waals surface area contributed by atoms with E-state index >= 15 is 0 Å². The van der Waals surface area contributed by atoms with Crippen LogP contribution in [-0.4, -0.2) is 44.4 Å². The Kier molecular flexibility index (Phi) is 6.00. The van der Waals surface area contributed by atoms with Gasteiger partial charge in [0.15, 0.2) is 10.9 Å². The third-order valence-electron chi connectivity index (χ3n) is 3.90. The van der Waals surface area contributed by atoms with Crippen LogP contribution in [0.25, 0.3) is 17.3 Å². The SMILES string of the molecule is CCN(CC)C(=O)CSc1nnc(-c2ccco2)n1-c1ccc(Cl)cc1. The summed E-state index contributed by atoms with van der Waals surface area (Å²) in [5, 5.41) is 9.80. The van der Waals surface area contributed by atoms with Gasteiger partial charge in [0.25, 0.3) is 0 Å². The normalized spacial score (nSPS) is 10.9. The van der Waals surface area contributed by atoms with Crippen LogP contribution < -0.4 is 0 Å². The molecular formula is C18H19ClN4O2S. The molecule has 0 aliphatic heterocycles. The molecule has 26 heavy (non-hydrogen) atoms. The van der Waals surface area contributed by atoms with Gasteiger partial charge >= 0.3 is 0 Å². The number of amides is 1. The first-order chi connectivity index (χ1) is 12.6. The highest BCUT2D eigenvalue weighted by Crippen LogP contribution is 2.29. The van der Waals surface area contributed by atoms with Gasteiger partial charge in [-0.25, -0.2) is 0 Å². The lowest BCUT2D eigenvalue weighted by molar-refractivity contribution is -0.127. The summed E-state index contributed by atoms with van der Waals surface area (Å²) in [6.45, 7) is 5.32. The zero-order chi connectivity index (χ0) is 18.5. The fourth-order valence-corrected chi connectivity index (χ4v) is 3.53. The molecule has 0 fully saturated rings. The summed E-state index contributed by atoms with van der Waals surface area (Å²) in [5.41, 5.74) is 0.851. The molecule has 6 nitrogen and oxygen atoms in total. The second kappa shape index (κ2) is 8.42. The monoisotopic (exact) mass is 390 g/mol. The van der Waals surface area contributed by atoms with Gasteiger partial charge in [-0.1, -0.05) is 23.4 Å². The summed E-state index contributed by atoms with van der Waals surface area (Å²) in [7, 11) is 0. The molecule has 0 aliphatic rings. The Labute approximate surface area is 161 Å². The fourth-order valence-electron chi connectivity index (χ4n) is 2.55. The molecule has 0 bridgehead atoms. The molecule has 0 N–H and O–H groups in total. The molecule has 0 saturated carbocycles. The quantitative estimate of drug-likeness (QED) is 0.567. The first-order valence-electron chi connectivity index (χ1n) is 8.29. The van der Waals surface area contributed by atoms with Crippen molar-refractivity contribution in [1.29, 1.82) is 0 Å². The van der Waals surface area contributed by atoms with Crippen molar-refractivity contribution in [1.82, 2.24) is 19.7 Å². The van der Waals surface area contributed by atoms with Crippen LogP contribution in [0.3, 0.4) is 0 Å². The first-order valence-corrected chi connectivity index (χ1v) is 9.66. The zero-order valence-corrected chi connectivity index (χ0v) is 16.1. The average molecular weight is 391 g/mol. The van der Waals surface area contributed by atoms with Crippen molar-refractivity contribution in [3.05, 3.63) is 47.7 Å². The third-order valence-corrected chi connectivity index (χ3v) is 5.07. The summed E-state index contributed by atoms with van der Waals surface area (Å²) < 4.78 is 7.35. The highest BCUT2D eigenvalue weighted by molar-refractivity contribution is 7.99. The van der Waals surface area contributed by atoms with Gasteiger partial charge in [0.05, 0.1) is 12.0 Å². The van der Waals surface area contributed by atoms with Gasteiger partial charge in [0, 0.05) is 23.8 Å². The summed E-state index contributed by atoms with van der Waals surface area (Å²) in [5.74, 6) is 1.56. The van der Waals surface area contributed by atoms with Gasteiger partial charge in [0.2, 0.25) is 11.7 Å². The maximum atomic E-state index is 12.3. The Hall–Kier alpha value is -2.25. The lowest BCUT2D eigenvalue weighted by atomic mass is 10.3. The van der Waals surface area contributed by atoms with E-state index in [9.17, 15) is 4.79 Å². The molecule has 0 aliphatic carbocycles. The molecule has 8 heteroatoms. The largest absolute Gasteiger partial charge is 0.461 e. The number of benzene rings is 1. The topological polar surface area (TPSA) is 64.2 Å². The van der Waals surface area contributed by atoms with E-state index in [2.05, 4.69) is 10.2 Å². The van der Waals surface area contributed by atoms with E-state index in [-0.39, 0.29) is 5.91 Å². The number of carbonyl (C=O) groups excluding carboxylic acids is 1. The molecule has 2 aromatic heterocycles. The van der Waals surface area contributed by atoms with Crippen molar-refractivity contribution >= 4 is 29.3 Å². The Morgan fingerprint density at radius 3 is 2.54 bits per heavy atom. The number of carbonyl (C=O) groups is 1. The lowest BCUT2D eigenvalue weighted by Crippen LogP contribution is -2.31. The van der Waals surface area contributed by atoms with Gasteiger partial charge in [0.1, 0.15) is 0 Å². The standard InChI is InChI=1S/C18H19ClN4O2S/c1-3-22(4-2)16(24)12-26-18-21-20-17(15-6-5-11-25-15)23(18)14-9-7-13(19)8-10-14/h5-11H,3-4,12H2,1-2H3. The summed E-state index contributed by atoms with van der Waals surface area (Å²) in [6.07, 6.45) is 1.59. The number of hydrogen-bond acceptors (Lipinski definition) is 5. The zero-order valence-electron chi connectivity index (χ0n) is 14.6. The van der Waals surface area contributed by atoms with E-state index in [1.807, 2.05) is 36.6 Å². The van der Waals surface area contributed by atoms with E-state index in [1.165, 1.54) is 11.8 Å². The van der Waals surface area contributed by atoms with E-state index in [0.29, 0.717) is 40.6 Å². The van der Waals surface area contributed by atoms with Crippen molar-refractivity contribution in [3.63, 3.8) is 0 Å². The van der Waals surface area contributed by atoms with Crippen molar-refractivity contribution in [2.75, 3.05) is 18.8 Å². The molecule has 0 radical (unpaired) electrons. The molecule has 3 rings (SSSR count). The molecule has 3 aromatic rings. The van der Waals surface area contributed by atoms with Crippen LogP contribution in [0, 0.1) is 0 Å². The highest BCUT2D eigenvalue weighted by atomic mass is 35.5. The van der Waals surface area contributed by atoms with Crippen molar-refractivity contribution in [3.8, 4) is 17.3 Å². The molecule has 136 valence electrons.